The summed E-state index contributed by atoms with van der Waals surface area (Å²) in [6.07, 6.45) is 8.45. The lowest BCUT2D eigenvalue weighted by molar-refractivity contribution is 0.435. The molecule has 2 heterocycles. The number of anilines is 1. The van der Waals surface area contributed by atoms with Crippen molar-refractivity contribution >= 4 is 33.3 Å². The summed E-state index contributed by atoms with van der Waals surface area (Å²) in [6.45, 7) is 4.51. The molecule has 0 radical (unpaired) electrons. The summed E-state index contributed by atoms with van der Waals surface area (Å²) in [5.41, 5.74) is 1.13. The van der Waals surface area contributed by atoms with Gasteiger partial charge in [-0.3, -0.25) is 0 Å². The van der Waals surface area contributed by atoms with Crippen LogP contribution in [0.25, 0.3) is 0 Å². The van der Waals surface area contributed by atoms with Crippen molar-refractivity contribution in [2.45, 2.75) is 44.9 Å². The molecule has 1 atom stereocenters. The molecule has 1 saturated heterocycles. The molecule has 1 aliphatic heterocycles. The Morgan fingerprint density at radius 3 is 3.00 bits per heavy atom. The molecule has 2 nitrogen and oxygen atoms in total. The molecule has 1 unspecified atom stereocenters. The largest absolute Gasteiger partial charge is 0.356 e. The molecule has 19 heavy (non-hydrogen) atoms. The Kier molecular flexibility index (Phi) is 5.96. The summed E-state index contributed by atoms with van der Waals surface area (Å²) in [5, 5.41) is 0. The summed E-state index contributed by atoms with van der Waals surface area (Å²) in [4.78, 5) is 7.00. The zero-order chi connectivity index (χ0) is 13.7. The van der Waals surface area contributed by atoms with E-state index >= 15 is 0 Å². The average Bonchev–Trinajstić information content (AvgIpc) is 2.65. The van der Waals surface area contributed by atoms with Crippen LogP contribution in [-0.4, -0.2) is 18.1 Å². The number of alkyl halides is 1. The summed E-state index contributed by atoms with van der Waals surface area (Å²) < 4.78 is 1.01. The van der Waals surface area contributed by atoms with Crippen molar-refractivity contribution in [2.24, 2.45) is 5.92 Å². The Morgan fingerprint density at radius 2 is 2.26 bits per heavy atom. The van der Waals surface area contributed by atoms with Gasteiger partial charge in [0, 0.05) is 29.3 Å². The lowest BCUT2D eigenvalue weighted by Crippen LogP contribution is -2.26. The Morgan fingerprint density at radius 1 is 1.42 bits per heavy atom. The first-order valence-electron chi connectivity index (χ1n) is 7.20. The highest BCUT2D eigenvalue weighted by atomic mass is 79.9. The van der Waals surface area contributed by atoms with Crippen LogP contribution < -0.4 is 4.90 Å². The molecule has 0 saturated carbocycles. The van der Waals surface area contributed by atoms with Crippen molar-refractivity contribution in [3.05, 3.63) is 22.3 Å². The zero-order valence-electron chi connectivity index (χ0n) is 11.5. The van der Waals surface area contributed by atoms with Gasteiger partial charge in [0.2, 0.25) is 0 Å². The number of aromatic nitrogens is 1. The van der Waals surface area contributed by atoms with Gasteiger partial charge in [-0.05, 0) is 47.2 Å². The van der Waals surface area contributed by atoms with Crippen LogP contribution >= 0.6 is 27.5 Å². The minimum Gasteiger partial charge on any atom is -0.356 e. The SMILES string of the molecule is CCCC1CCCN(c2ncc(Br)cc2CCl)CC1. The average molecular weight is 346 g/mol. The fourth-order valence-corrected chi connectivity index (χ4v) is 3.51. The normalized spacial score (nSPS) is 20.4. The molecule has 0 amide bonds. The highest BCUT2D eigenvalue weighted by Crippen LogP contribution is 2.28. The molecule has 1 aliphatic rings. The molecule has 0 spiro atoms. The molecule has 0 aliphatic carbocycles. The third-order valence-electron chi connectivity index (χ3n) is 3.90. The van der Waals surface area contributed by atoms with Crippen molar-refractivity contribution in [3.8, 4) is 0 Å². The predicted molar refractivity (Wildman–Crippen MR) is 86.0 cm³/mol. The van der Waals surface area contributed by atoms with Crippen LogP contribution in [0.1, 0.15) is 44.6 Å². The van der Waals surface area contributed by atoms with E-state index in [9.17, 15) is 0 Å². The molecule has 0 bridgehead atoms. The van der Waals surface area contributed by atoms with E-state index in [1.54, 1.807) is 0 Å². The van der Waals surface area contributed by atoms with Gasteiger partial charge >= 0.3 is 0 Å². The highest BCUT2D eigenvalue weighted by Gasteiger charge is 2.19. The van der Waals surface area contributed by atoms with Gasteiger partial charge in [0.1, 0.15) is 5.82 Å². The Labute approximate surface area is 129 Å². The van der Waals surface area contributed by atoms with Crippen LogP contribution in [-0.2, 0) is 5.88 Å². The fraction of sp³-hybridized carbons (Fsp3) is 0.667. The first-order valence-corrected chi connectivity index (χ1v) is 8.52. The van der Waals surface area contributed by atoms with Gasteiger partial charge in [0.25, 0.3) is 0 Å². The summed E-state index contributed by atoms with van der Waals surface area (Å²) in [5.74, 6) is 2.50. The highest BCUT2D eigenvalue weighted by molar-refractivity contribution is 9.10. The number of halogens is 2. The first kappa shape index (κ1) is 15.1. The Balaban J connectivity index is 2.09. The van der Waals surface area contributed by atoms with Gasteiger partial charge in [0.05, 0.1) is 5.88 Å². The number of hydrogen-bond donors (Lipinski definition) is 0. The Bertz CT molecular complexity index is 411. The minimum absolute atomic E-state index is 0.524. The second kappa shape index (κ2) is 7.49. The van der Waals surface area contributed by atoms with E-state index in [0.29, 0.717) is 5.88 Å². The van der Waals surface area contributed by atoms with Crippen molar-refractivity contribution in [1.82, 2.24) is 4.98 Å². The van der Waals surface area contributed by atoms with Crippen molar-refractivity contribution in [1.29, 1.82) is 0 Å². The van der Waals surface area contributed by atoms with E-state index in [4.69, 9.17) is 11.6 Å². The Hall–Kier alpha value is -0.280. The van der Waals surface area contributed by atoms with E-state index in [1.807, 2.05) is 6.20 Å². The molecular formula is C15H22BrClN2. The monoisotopic (exact) mass is 344 g/mol. The standard InChI is InChI=1S/C15H22BrClN2/c1-2-4-12-5-3-7-19(8-6-12)15-13(10-17)9-14(16)11-18-15/h9,11-12H,2-8,10H2,1H3. The zero-order valence-corrected chi connectivity index (χ0v) is 13.9. The maximum absolute atomic E-state index is 6.05. The summed E-state index contributed by atoms with van der Waals surface area (Å²) in [6, 6.07) is 2.09. The van der Waals surface area contributed by atoms with Crippen molar-refractivity contribution < 1.29 is 0 Å². The molecule has 0 N–H and O–H groups in total. The molecule has 2 rings (SSSR count). The van der Waals surface area contributed by atoms with Gasteiger partial charge in [-0.25, -0.2) is 4.98 Å². The van der Waals surface area contributed by atoms with Crippen LogP contribution in [0.3, 0.4) is 0 Å². The third kappa shape index (κ3) is 4.09. The second-order valence-corrected chi connectivity index (χ2v) is 6.53. The summed E-state index contributed by atoms with van der Waals surface area (Å²) in [7, 11) is 0. The van der Waals surface area contributed by atoms with E-state index in [-0.39, 0.29) is 0 Å². The van der Waals surface area contributed by atoms with E-state index in [2.05, 4.69) is 38.8 Å². The smallest absolute Gasteiger partial charge is 0.133 e. The molecule has 4 heteroatoms. The summed E-state index contributed by atoms with van der Waals surface area (Å²) >= 11 is 9.52. The van der Waals surface area contributed by atoms with Crippen LogP contribution in [0.5, 0.6) is 0 Å². The quantitative estimate of drug-likeness (QED) is 0.715. The second-order valence-electron chi connectivity index (χ2n) is 5.34. The lowest BCUT2D eigenvalue weighted by Gasteiger charge is -2.24. The molecular weight excluding hydrogens is 324 g/mol. The van der Waals surface area contributed by atoms with Crippen LogP contribution in [0.15, 0.2) is 16.7 Å². The molecule has 1 aromatic rings. The third-order valence-corrected chi connectivity index (χ3v) is 4.62. The maximum Gasteiger partial charge on any atom is 0.133 e. The van der Waals surface area contributed by atoms with Crippen LogP contribution in [0.2, 0.25) is 0 Å². The topological polar surface area (TPSA) is 16.1 Å². The number of rotatable bonds is 4. The van der Waals surface area contributed by atoms with E-state index < -0.39 is 0 Å². The van der Waals surface area contributed by atoms with Crippen LogP contribution in [0, 0.1) is 5.92 Å². The first-order chi connectivity index (χ1) is 9.24. The van der Waals surface area contributed by atoms with Crippen molar-refractivity contribution in [3.63, 3.8) is 0 Å². The number of hydrogen-bond acceptors (Lipinski definition) is 2. The van der Waals surface area contributed by atoms with E-state index in [0.717, 1.165) is 34.9 Å². The van der Waals surface area contributed by atoms with Gasteiger partial charge in [-0.1, -0.05) is 19.8 Å². The minimum atomic E-state index is 0.524. The molecule has 1 fully saturated rings. The van der Waals surface area contributed by atoms with Gasteiger partial charge in [-0.2, -0.15) is 0 Å². The molecule has 106 valence electrons. The number of pyridine rings is 1. The van der Waals surface area contributed by atoms with Gasteiger partial charge < -0.3 is 4.90 Å². The predicted octanol–water partition coefficient (Wildman–Crippen LogP) is 4.99. The van der Waals surface area contributed by atoms with Crippen molar-refractivity contribution in [2.75, 3.05) is 18.0 Å². The number of nitrogens with zero attached hydrogens (tertiary/aromatic N) is 2. The van der Waals surface area contributed by atoms with Gasteiger partial charge in [-0.15, -0.1) is 11.6 Å². The molecule has 1 aromatic heterocycles. The maximum atomic E-state index is 6.05. The van der Waals surface area contributed by atoms with Gasteiger partial charge in [0.15, 0.2) is 0 Å². The van der Waals surface area contributed by atoms with E-state index in [1.165, 1.54) is 32.1 Å². The lowest BCUT2D eigenvalue weighted by atomic mass is 9.96. The van der Waals surface area contributed by atoms with Crippen LogP contribution in [0.4, 0.5) is 5.82 Å². The fourth-order valence-electron chi connectivity index (χ4n) is 2.93. The molecule has 0 aromatic carbocycles.